The molecule has 0 atom stereocenters. The van der Waals surface area contributed by atoms with E-state index in [0.29, 0.717) is 18.2 Å². The highest BCUT2D eigenvalue weighted by atomic mass is 16.1. The van der Waals surface area contributed by atoms with Crippen LogP contribution in [-0.4, -0.2) is 60.5 Å². The van der Waals surface area contributed by atoms with Gasteiger partial charge in [-0.15, -0.1) is 6.58 Å². The Labute approximate surface area is 153 Å². The molecule has 2 N–H and O–H groups in total. The molecule has 0 saturated carbocycles. The van der Waals surface area contributed by atoms with Crippen molar-refractivity contribution in [2.45, 2.75) is 0 Å². The number of likely N-dealkylation sites (N-methyl/N-ethyl adjacent to an activating group) is 1. The van der Waals surface area contributed by atoms with Crippen molar-refractivity contribution < 1.29 is 4.79 Å². The summed E-state index contributed by atoms with van der Waals surface area (Å²) in [6.07, 6.45) is 3.27. The van der Waals surface area contributed by atoms with Crippen LogP contribution in [0.15, 0.2) is 49.2 Å². The van der Waals surface area contributed by atoms with Crippen LogP contribution in [0.5, 0.6) is 0 Å². The predicted octanol–water partition coefficient (Wildman–Crippen LogP) is 2.08. The number of carbonyl (C=O) groups excluding carboxylic acids is 1. The Morgan fingerprint density at radius 3 is 2.62 bits per heavy atom. The Morgan fingerprint density at radius 2 is 1.92 bits per heavy atom. The number of rotatable bonds is 6. The molecule has 2 aromatic rings. The van der Waals surface area contributed by atoms with Gasteiger partial charge in [0.15, 0.2) is 0 Å². The lowest BCUT2D eigenvalue weighted by Gasteiger charge is -2.34. The van der Waals surface area contributed by atoms with Crippen molar-refractivity contribution >= 4 is 23.2 Å². The van der Waals surface area contributed by atoms with Crippen molar-refractivity contribution in [1.82, 2.24) is 14.9 Å². The fourth-order valence-corrected chi connectivity index (χ4v) is 2.75. The molecule has 7 nitrogen and oxygen atoms in total. The first kappa shape index (κ1) is 17.9. The summed E-state index contributed by atoms with van der Waals surface area (Å²) in [5.41, 5.74) is 2.23. The number of carbonyl (C=O) groups is 1. The second kappa shape index (κ2) is 8.44. The number of hydrogen-bond acceptors (Lipinski definition) is 6. The first-order valence-corrected chi connectivity index (χ1v) is 8.68. The van der Waals surface area contributed by atoms with Crippen LogP contribution in [-0.2, 0) is 0 Å². The number of amides is 1. The quantitative estimate of drug-likeness (QED) is 0.776. The van der Waals surface area contributed by atoms with Crippen LogP contribution in [0.4, 0.5) is 17.3 Å². The molecule has 136 valence electrons. The van der Waals surface area contributed by atoms with Crippen LogP contribution < -0.4 is 15.5 Å². The maximum Gasteiger partial charge on any atom is 0.274 e. The molecule has 1 saturated heterocycles. The van der Waals surface area contributed by atoms with Gasteiger partial charge < -0.3 is 20.4 Å². The number of hydrogen-bond donors (Lipinski definition) is 2. The van der Waals surface area contributed by atoms with Crippen LogP contribution in [0.2, 0.25) is 0 Å². The van der Waals surface area contributed by atoms with Crippen LogP contribution in [0.1, 0.15) is 10.5 Å². The largest absolute Gasteiger partial charge is 0.369 e. The minimum absolute atomic E-state index is 0.263. The molecular weight excluding hydrogens is 328 g/mol. The minimum atomic E-state index is -0.263. The van der Waals surface area contributed by atoms with Gasteiger partial charge in [0.25, 0.3) is 5.91 Å². The van der Waals surface area contributed by atoms with Gasteiger partial charge in [-0.2, -0.15) is 0 Å². The summed E-state index contributed by atoms with van der Waals surface area (Å²) in [4.78, 5) is 25.4. The normalized spacial score (nSPS) is 14.7. The Balaban J connectivity index is 1.61. The number of nitrogens with zero attached hydrogens (tertiary/aromatic N) is 4. The van der Waals surface area contributed by atoms with E-state index < -0.39 is 0 Å². The Morgan fingerprint density at radius 1 is 1.19 bits per heavy atom. The monoisotopic (exact) mass is 352 g/mol. The van der Waals surface area contributed by atoms with Gasteiger partial charge in [-0.05, 0) is 37.4 Å². The van der Waals surface area contributed by atoms with Gasteiger partial charge in [0.1, 0.15) is 5.69 Å². The Kier molecular flexibility index (Phi) is 5.80. The number of anilines is 3. The summed E-state index contributed by atoms with van der Waals surface area (Å²) in [6, 6.07) is 9.51. The Bertz CT molecular complexity index is 753. The zero-order valence-electron chi connectivity index (χ0n) is 15.0. The summed E-state index contributed by atoms with van der Waals surface area (Å²) in [5.74, 6) is 0.143. The van der Waals surface area contributed by atoms with Crippen molar-refractivity contribution in [3.8, 4) is 0 Å². The SMILES string of the molecule is C=CCNc1nccc(C(=O)Nc2ccc(N3CCN(C)CC3)cc2)n1. The van der Waals surface area contributed by atoms with Crippen LogP contribution in [0.3, 0.4) is 0 Å². The second-order valence-corrected chi connectivity index (χ2v) is 6.23. The number of benzene rings is 1. The summed E-state index contributed by atoms with van der Waals surface area (Å²) < 4.78 is 0. The van der Waals surface area contributed by atoms with E-state index in [2.05, 4.69) is 44.0 Å². The zero-order chi connectivity index (χ0) is 18.4. The number of nitrogens with one attached hydrogen (secondary N) is 2. The van der Waals surface area contributed by atoms with Crippen LogP contribution >= 0.6 is 0 Å². The van der Waals surface area contributed by atoms with Crippen LogP contribution in [0, 0.1) is 0 Å². The van der Waals surface area contributed by atoms with Gasteiger partial charge in [0.2, 0.25) is 5.95 Å². The lowest BCUT2D eigenvalue weighted by molar-refractivity contribution is 0.102. The summed E-state index contributed by atoms with van der Waals surface area (Å²) >= 11 is 0. The van der Waals surface area contributed by atoms with Crippen molar-refractivity contribution in [1.29, 1.82) is 0 Å². The van der Waals surface area contributed by atoms with E-state index in [0.717, 1.165) is 31.9 Å². The molecule has 1 aliphatic rings. The molecule has 0 radical (unpaired) electrons. The first-order valence-electron chi connectivity index (χ1n) is 8.68. The molecular formula is C19H24N6O. The van der Waals surface area contributed by atoms with E-state index in [4.69, 9.17) is 0 Å². The molecule has 1 aromatic carbocycles. The molecule has 7 heteroatoms. The molecule has 0 aliphatic carbocycles. The highest BCUT2D eigenvalue weighted by Gasteiger charge is 2.14. The fourth-order valence-electron chi connectivity index (χ4n) is 2.75. The van der Waals surface area contributed by atoms with Crippen molar-refractivity contribution in [2.24, 2.45) is 0 Å². The van der Waals surface area contributed by atoms with Gasteiger partial charge >= 0.3 is 0 Å². The molecule has 0 spiro atoms. The molecule has 1 amide bonds. The highest BCUT2D eigenvalue weighted by molar-refractivity contribution is 6.03. The van der Waals surface area contributed by atoms with Gasteiger partial charge in [-0.25, -0.2) is 9.97 Å². The minimum Gasteiger partial charge on any atom is -0.369 e. The van der Waals surface area contributed by atoms with Gasteiger partial charge in [-0.3, -0.25) is 4.79 Å². The van der Waals surface area contributed by atoms with E-state index in [9.17, 15) is 4.79 Å². The third-order valence-corrected chi connectivity index (χ3v) is 4.29. The zero-order valence-corrected chi connectivity index (χ0v) is 15.0. The molecule has 1 aliphatic heterocycles. The standard InChI is InChI=1S/C19H24N6O/c1-3-9-20-19-21-10-8-17(23-19)18(26)22-15-4-6-16(7-5-15)25-13-11-24(2)12-14-25/h3-8,10H,1,9,11-14H2,2H3,(H,22,26)(H,20,21,23). The first-order chi connectivity index (χ1) is 12.7. The average molecular weight is 352 g/mol. The topological polar surface area (TPSA) is 73.4 Å². The predicted molar refractivity (Wildman–Crippen MR) is 105 cm³/mol. The lowest BCUT2D eigenvalue weighted by Crippen LogP contribution is -2.44. The van der Waals surface area contributed by atoms with Gasteiger partial charge in [0, 0.05) is 50.3 Å². The Hall–Kier alpha value is -2.93. The molecule has 0 bridgehead atoms. The summed E-state index contributed by atoms with van der Waals surface area (Å²) in [5, 5.41) is 5.85. The van der Waals surface area contributed by atoms with Crippen LogP contribution in [0.25, 0.3) is 0 Å². The lowest BCUT2D eigenvalue weighted by atomic mass is 10.2. The number of aromatic nitrogens is 2. The van der Waals surface area contributed by atoms with E-state index in [1.807, 2.05) is 24.3 Å². The second-order valence-electron chi connectivity index (χ2n) is 6.23. The summed E-state index contributed by atoms with van der Waals surface area (Å²) in [7, 11) is 2.14. The maximum absolute atomic E-state index is 12.4. The van der Waals surface area contributed by atoms with E-state index in [1.54, 1.807) is 18.3 Å². The molecule has 1 aromatic heterocycles. The molecule has 3 rings (SSSR count). The highest BCUT2D eigenvalue weighted by Crippen LogP contribution is 2.19. The smallest absolute Gasteiger partial charge is 0.274 e. The molecule has 26 heavy (non-hydrogen) atoms. The molecule has 0 unspecified atom stereocenters. The molecule has 1 fully saturated rings. The van der Waals surface area contributed by atoms with E-state index in [1.165, 1.54) is 5.69 Å². The average Bonchev–Trinajstić information content (AvgIpc) is 2.68. The van der Waals surface area contributed by atoms with Gasteiger partial charge in [0.05, 0.1) is 0 Å². The third kappa shape index (κ3) is 4.58. The molecule has 2 heterocycles. The van der Waals surface area contributed by atoms with Crippen molar-refractivity contribution in [3.05, 3.63) is 54.9 Å². The van der Waals surface area contributed by atoms with E-state index >= 15 is 0 Å². The fraction of sp³-hybridized carbons (Fsp3) is 0.316. The number of piperazine rings is 1. The summed E-state index contributed by atoms with van der Waals surface area (Å²) in [6.45, 7) is 8.33. The third-order valence-electron chi connectivity index (χ3n) is 4.29. The maximum atomic E-state index is 12.4. The van der Waals surface area contributed by atoms with Crippen molar-refractivity contribution in [2.75, 3.05) is 55.3 Å². The van der Waals surface area contributed by atoms with E-state index in [-0.39, 0.29) is 5.91 Å². The van der Waals surface area contributed by atoms with Gasteiger partial charge in [-0.1, -0.05) is 6.08 Å². The van der Waals surface area contributed by atoms with Crippen molar-refractivity contribution in [3.63, 3.8) is 0 Å².